The van der Waals surface area contributed by atoms with E-state index in [1.165, 1.54) is 0 Å². The Balaban J connectivity index is 0.00000192. The number of piperazine rings is 1. The first-order chi connectivity index (χ1) is 10.6. The fraction of sp³-hybridized carbons (Fsp3) is 0.786. The Bertz CT molecular complexity index is 601. The molecule has 7 nitrogen and oxygen atoms in total. The van der Waals surface area contributed by atoms with Crippen LogP contribution >= 0.6 is 12.4 Å². The molecule has 0 amide bonds. The summed E-state index contributed by atoms with van der Waals surface area (Å²) in [5.41, 5.74) is 0. The Morgan fingerprint density at radius 2 is 2.26 bits per heavy atom. The van der Waals surface area contributed by atoms with Crippen molar-refractivity contribution in [3.63, 3.8) is 0 Å². The van der Waals surface area contributed by atoms with Crippen LogP contribution in [0.25, 0.3) is 0 Å². The molecule has 132 valence electrons. The molecular weight excluding hydrogens is 340 g/mol. The number of rotatable bonds is 4. The van der Waals surface area contributed by atoms with Crippen molar-refractivity contribution in [2.75, 3.05) is 32.0 Å². The molecule has 23 heavy (non-hydrogen) atoms. The van der Waals surface area contributed by atoms with E-state index >= 15 is 0 Å². The van der Waals surface area contributed by atoms with Crippen molar-refractivity contribution in [1.29, 1.82) is 0 Å². The molecule has 0 aliphatic carbocycles. The standard InChI is InChI=1S/C14H24N4O3S.ClH/c1-17-7-6-16-14(17)13-10-15-5-8-18(13)22(19,20)11-12-4-2-3-9-21-12;/h6-7,12-13,15H,2-5,8-11H2,1H3;1H. The third-order valence-corrected chi connectivity index (χ3v) is 6.32. The van der Waals surface area contributed by atoms with Crippen LogP contribution in [-0.4, -0.2) is 60.4 Å². The predicted octanol–water partition coefficient (Wildman–Crippen LogP) is 0.687. The van der Waals surface area contributed by atoms with E-state index in [2.05, 4.69) is 10.3 Å². The molecule has 2 saturated heterocycles. The Kier molecular flexibility index (Phi) is 6.44. The van der Waals surface area contributed by atoms with Crippen molar-refractivity contribution in [2.45, 2.75) is 31.4 Å². The molecule has 2 aliphatic rings. The fourth-order valence-corrected chi connectivity index (χ4v) is 5.06. The van der Waals surface area contributed by atoms with Crippen LogP contribution < -0.4 is 5.32 Å². The van der Waals surface area contributed by atoms with Crippen molar-refractivity contribution < 1.29 is 13.2 Å². The first-order valence-electron chi connectivity index (χ1n) is 7.87. The molecule has 0 radical (unpaired) electrons. The molecule has 3 rings (SSSR count). The van der Waals surface area contributed by atoms with E-state index in [9.17, 15) is 8.42 Å². The average molecular weight is 365 g/mol. The first kappa shape index (κ1) is 18.7. The lowest BCUT2D eigenvalue weighted by Crippen LogP contribution is -2.51. The summed E-state index contributed by atoms with van der Waals surface area (Å²) in [7, 11) is -1.47. The normalized spacial score (nSPS) is 26.7. The number of nitrogens with zero attached hydrogens (tertiary/aromatic N) is 3. The Labute approximate surface area is 143 Å². The van der Waals surface area contributed by atoms with Gasteiger partial charge in [0.1, 0.15) is 5.82 Å². The third-order valence-electron chi connectivity index (χ3n) is 4.38. The number of aromatic nitrogens is 2. The number of halogens is 1. The molecule has 1 aromatic heterocycles. The van der Waals surface area contributed by atoms with Gasteiger partial charge in [0.2, 0.25) is 10.0 Å². The highest BCUT2D eigenvalue weighted by Crippen LogP contribution is 2.25. The highest BCUT2D eigenvalue weighted by atomic mass is 35.5. The number of ether oxygens (including phenoxy) is 1. The molecule has 0 spiro atoms. The summed E-state index contributed by atoms with van der Waals surface area (Å²) in [6.07, 6.45) is 6.29. The van der Waals surface area contributed by atoms with Gasteiger partial charge in [-0.05, 0) is 19.3 Å². The second-order valence-corrected chi connectivity index (χ2v) is 7.96. The van der Waals surface area contributed by atoms with E-state index in [1.807, 2.05) is 17.8 Å². The fourth-order valence-electron chi connectivity index (χ4n) is 3.21. The number of hydrogen-bond acceptors (Lipinski definition) is 5. The lowest BCUT2D eigenvalue weighted by Gasteiger charge is -2.36. The molecule has 0 bridgehead atoms. The largest absolute Gasteiger partial charge is 0.377 e. The molecule has 2 atom stereocenters. The van der Waals surface area contributed by atoms with Crippen LogP contribution in [0.3, 0.4) is 0 Å². The third kappa shape index (κ3) is 4.24. The van der Waals surface area contributed by atoms with Gasteiger partial charge in [-0.2, -0.15) is 4.31 Å². The zero-order valence-electron chi connectivity index (χ0n) is 13.3. The average Bonchev–Trinajstić information content (AvgIpc) is 2.94. The van der Waals surface area contributed by atoms with Gasteiger partial charge in [0.15, 0.2) is 0 Å². The van der Waals surface area contributed by atoms with Crippen LogP contribution in [0.1, 0.15) is 31.1 Å². The summed E-state index contributed by atoms with van der Waals surface area (Å²) in [5.74, 6) is 0.855. The van der Waals surface area contributed by atoms with Gasteiger partial charge >= 0.3 is 0 Å². The molecule has 2 unspecified atom stereocenters. The molecule has 9 heteroatoms. The highest BCUT2D eigenvalue weighted by Gasteiger charge is 2.37. The minimum absolute atomic E-state index is 0. The minimum Gasteiger partial charge on any atom is -0.377 e. The Morgan fingerprint density at radius 1 is 1.43 bits per heavy atom. The SMILES string of the molecule is Cl.Cn1ccnc1C1CNCCN1S(=O)(=O)CC1CCCCO1. The van der Waals surface area contributed by atoms with E-state index in [1.54, 1.807) is 10.5 Å². The molecule has 1 aromatic rings. The summed E-state index contributed by atoms with van der Waals surface area (Å²) in [4.78, 5) is 4.34. The molecule has 1 N–H and O–H groups in total. The van der Waals surface area contributed by atoms with E-state index in [0.717, 1.165) is 25.1 Å². The molecule has 0 aromatic carbocycles. The Morgan fingerprint density at radius 3 is 2.91 bits per heavy atom. The summed E-state index contributed by atoms with van der Waals surface area (Å²) in [6.45, 7) is 2.42. The maximum atomic E-state index is 12.9. The van der Waals surface area contributed by atoms with Crippen molar-refractivity contribution in [3.8, 4) is 0 Å². The first-order valence-corrected chi connectivity index (χ1v) is 9.48. The van der Waals surface area contributed by atoms with Gasteiger partial charge in [-0.1, -0.05) is 0 Å². The van der Waals surface area contributed by atoms with E-state index in [-0.39, 0.29) is 30.3 Å². The number of imidazole rings is 1. The summed E-state index contributed by atoms with van der Waals surface area (Å²) < 4.78 is 34.8. The number of aryl methyl sites for hydroxylation is 1. The zero-order valence-corrected chi connectivity index (χ0v) is 15.0. The molecule has 2 fully saturated rings. The van der Waals surface area contributed by atoms with E-state index in [4.69, 9.17) is 4.74 Å². The summed E-state index contributed by atoms with van der Waals surface area (Å²) >= 11 is 0. The van der Waals surface area contributed by atoms with Gasteiger partial charge in [0, 0.05) is 45.7 Å². The van der Waals surface area contributed by atoms with Crippen molar-refractivity contribution >= 4 is 22.4 Å². The Hall–Kier alpha value is -0.670. The molecule has 3 heterocycles. The number of sulfonamides is 1. The van der Waals surface area contributed by atoms with Crippen molar-refractivity contribution in [2.24, 2.45) is 7.05 Å². The van der Waals surface area contributed by atoms with Gasteiger partial charge in [0.05, 0.1) is 17.9 Å². The van der Waals surface area contributed by atoms with Crippen LogP contribution in [0, 0.1) is 0 Å². The summed E-state index contributed by atoms with van der Waals surface area (Å²) in [5, 5.41) is 3.27. The highest BCUT2D eigenvalue weighted by molar-refractivity contribution is 7.89. The quantitative estimate of drug-likeness (QED) is 0.850. The molecule has 2 aliphatic heterocycles. The number of hydrogen-bond donors (Lipinski definition) is 1. The molecule has 0 saturated carbocycles. The lowest BCUT2D eigenvalue weighted by atomic mass is 10.1. The van der Waals surface area contributed by atoms with Crippen LogP contribution in [0.2, 0.25) is 0 Å². The second-order valence-electron chi connectivity index (χ2n) is 5.99. The van der Waals surface area contributed by atoms with Gasteiger partial charge in [-0.3, -0.25) is 0 Å². The van der Waals surface area contributed by atoms with Crippen LogP contribution in [-0.2, 0) is 21.8 Å². The van der Waals surface area contributed by atoms with E-state index < -0.39 is 10.0 Å². The van der Waals surface area contributed by atoms with Gasteiger partial charge in [-0.15, -0.1) is 12.4 Å². The predicted molar refractivity (Wildman–Crippen MR) is 90.2 cm³/mol. The lowest BCUT2D eigenvalue weighted by molar-refractivity contribution is 0.0295. The smallest absolute Gasteiger partial charge is 0.217 e. The van der Waals surface area contributed by atoms with Crippen molar-refractivity contribution in [3.05, 3.63) is 18.2 Å². The maximum absolute atomic E-state index is 12.9. The topological polar surface area (TPSA) is 76.5 Å². The van der Waals surface area contributed by atoms with Gasteiger partial charge in [0.25, 0.3) is 0 Å². The van der Waals surface area contributed by atoms with Crippen LogP contribution in [0.5, 0.6) is 0 Å². The summed E-state index contributed by atoms with van der Waals surface area (Å²) in [6, 6.07) is -0.248. The number of nitrogens with one attached hydrogen (secondary N) is 1. The molecular formula is C14H25ClN4O3S. The monoisotopic (exact) mass is 364 g/mol. The van der Waals surface area contributed by atoms with Gasteiger partial charge < -0.3 is 14.6 Å². The van der Waals surface area contributed by atoms with Crippen molar-refractivity contribution in [1.82, 2.24) is 19.2 Å². The zero-order chi connectivity index (χ0) is 15.6. The minimum atomic E-state index is -3.36. The maximum Gasteiger partial charge on any atom is 0.217 e. The van der Waals surface area contributed by atoms with Crippen LogP contribution in [0.15, 0.2) is 12.4 Å². The van der Waals surface area contributed by atoms with Crippen LogP contribution in [0.4, 0.5) is 0 Å². The van der Waals surface area contributed by atoms with Gasteiger partial charge in [-0.25, -0.2) is 13.4 Å². The van der Waals surface area contributed by atoms with E-state index in [0.29, 0.717) is 26.2 Å². The second kappa shape index (κ2) is 7.94.